The van der Waals surface area contributed by atoms with Gasteiger partial charge in [-0.15, -0.1) is 0 Å². The Hall–Kier alpha value is -1.30. The van der Waals surface area contributed by atoms with E-state index in [0.29, 0.717) is 15.7 Å². The van der Waals surface area contributed by atoms with Crippen LogP contribution in [-0.2, 0) is 9.59 Å². The van der Waals surface area contributed by atoms with Crippen molar-refractivity contribution < 1.29 is 9.59 Å². The Kier molecular flexibility index (Phi) is 5.91. The first kappa shape index (κ1) is 14.8. The Morgan fingerprint density at radius 3 is 2.50 bits per heavy atom. The van der Waals surface area contributed by atoms with Gasteiger partial charge in [-0.3, -0.25) is 14.9 Å². The number of likely N-dealkylation sites (N-methyl/N-ethyl adjacent to an activating group) is 1. The molecule has 7 heteroatoms. The largest absolute Gasteiger partial charge is 0.358 e. The van der Waals surface area contributed by atoms with Crippen LogP contribution in [-0.4, -0.2) is 32.0 Å². The molecular weight excluding hydrogens is 277 g/mol. The minimum atomic E-state index is -0.303. The van der Waals surface area contributed by atoms with Gasteiger partial charge in [-0.25, -0.2) is 0 Å². The van der Waals surface area contributed by atoms with Crippen LogP contribution < -0.4 is 16.0 Å². The molecular formula is C11H13Cl2N3O2. The Bertz CT molecular complexity index is 452. The fraction of sp³-hybridized carbons (Fsp3) is 0.273. The molecule has 0 aromatic heterocycles. The average molecular weight is 290 g/mol. The highest BCUT2D eigenvalue weighted by Crippen LogP contribution is 2.29. The molecule has 0 fully saturated rings. The number of amides is 2. The topological polar surface area (TPSA) is 70.2 Å². The summed E-state index contributed by atoms with van der Waals surface area (Å²) in [6.07, 6.45) is 0. The van der Waals surface area contributed by atoms with Crippen molar-refractivity contribution in [1.82, 2.24) is 10.6 Å². The molecule has 0 heterocycles. The van der Waals surface area contributed by atoms with Crippen molar-refractivity contribution in [2.24, 2.45) is 0 Å². The third kappa shape index (κ3) is 4.52. The molecule has 0 radical (unpaired) electrons. The molecule has 1 aromatic carbocycles. The molecule has 0 saturated heterocycles. The second-order valence-corrected chi connectivity index (χ2v) is 4.21. The van der Waals surface area contributed by atoms with Crippen LogP contribution in [0.2, 0.25) is 10.0 Å². The summed E-state index contributed by atoms with van der Waals surface area (Å²) >= 11 is 11.7. The van der Waals surface area contributed by atoms with Crippen molar-refractivity contribution in [1.29, 1.82) is 0 Å². The predicted molar refractivity (Wildman–Crippen MR) is 72.0 cm³/mol. The second kappa shape index (κ2) is 7.20. The van der Waals surface area contributed by atoms with E-state index in [0.717, 1.165) is 0 Å². The van der Waals surface area contributed by atoms with Crippen LogP contribution in [0, 0.1) is 0 Å². The second-order valence-electron chi connectivity index (χ2n) is 3.43. The number of nitrogens with one attached hydrogen (secondary N) is 3. The van der Waals surface area contributed by atoms with Gasteiger partial charge in [0.1, 0.15) is 0 Å². The van der Waals surface area contributed by atoms with Crippen molar-refractivity contribution in [2.45, 2.75) is 0 Å². The first-order valence-corrected chi connectivity index (χ1v) is 5.95. The quantitative estimate of drug-likeness (QED) is 0.765. The Morgan fingerprint density at radius 2 is 1.83 bits per heavy atom. The molecule has 0 atom stereocenters. The fourth-order valence-corrected chi connectivity index (χ4v) is 1.52. The van der Waals surface area contributed by atoms with E-state index in [1.807, 2.05) is 0 Å². The monoisotopic (exact) mass is 289 g/mol. The van der Waals surface area contributed by atoms with E-state index in [9.17, 15) is 9.59 Å². The van der Waals surface area contributed by atoms with Crippen molar-refractivity contribution in [3.8, 4) is 0 Å². The third-order valence-corrected chi connectivity index (χ3v) is 2.89. The van der Waals surface area contributed by atoms with Crippen molar-refractivity contribution in [2.75, 3.05) is 25.5 Å². The molecule has 0 unspecified atom stereocenters. The molecule has 5 nitrogen and oxygen atoms in total. The van der Waals surface area contributed by atoms with E-state index < -0.39 is 0 Å². The number of carbonyl (C=O) groups is 2. The molecule has 0 bridgehead atoms. The highest BCUT2D eigenvalue weighted by Gasteiger charge is 2.08. The first-order chi connectivity index (χ1) is 8.54. The summed E-state index contributed by atoms with van der Waals surface area (Å²) in [7, 11) is 1.52. The number of carbonyl (C=O) groups excluding carboxylic acids is 2. The van der Waals surface area contributed by atoms with Crippen LogP contribution in [0.3, 0.4) is 0 Å². The van der Waals surface area contributed by atoms with Crippen LogP contribution >= 0.6 is 23.2 Å². The third-order valence-electron chi connectivity index (χ3n) is 2.08. The molecule has 0 aliphatic heterocycles. The highest BCUT2D eigenvalue weighted by molar-refractivity contribution is 6.43. The van der Waals surface area contributed by atoms with Gasteiger partial charge in [0.25, 0.3) is 0 Å². The highest BCUT2D eigenvalue weighted by atomic mass is 35.5. The van der Waals surface area contributed by atoms with Gasteiger partial charge in [-0.1, -0.05) is 29.3 Å². The lowest BCUT2D eigenvalue weighted by atomic mass is 10.3. The number of benzene rings is 1. The van der Waals surface area contributed by atoms with Crippen molar-refractivity contribution in [3.05, 3.63) is 28.2 Å². The van der Waals surface area contributed by atoms with E-state index in [1.165, 1.54) is 7.05 Å². The van der Waals surface area contributed by atoms with Gasteiger partial charge in [-0.2, -0.15) is 0 Å². The lowest BCUT2D eigenvalue weighted by Gasteiger charge is -2.08. The maximum atomic E-state index is 11.5. The molecule has 0 aliphatic carbocycles. The predicted octanol–water partition coefficient (Wildman–Crippen LogP) is 1.27. The van der Waals surface area contributed by atoms with Gasteiger partial charge in [0.05, 0.1) is 28.8 Å². The fourth-order valence-electron chi connectivity index (χ4n) is 1.17. The number of anilines is 1. The Balaban J connectivity index is 2.45. The zero-order chi connectivity index (χ0) is 13.5. The molecule has 0 aliphatic rings. The number of rotatable bonds is 5. The standard InChI is InChI=1S/C11H13Cl2N3O2/c1-14-9(17)5-15-6-10(18)16-8-4-2-3-7(12)11(8)13/h2-4,15H,5-6H2,1H3,(H,14,17)(H,16,18). The molecule has 1 aromatic rings. The lowest BCUT2D eigenvalue weighted by Crippen LogP contribution is -2.36. The molecule has 3 N–H and O–H groups in total. The van der Waals surface area contributed by atoms with E-state index >= 15 is 0 Å². The summed E-state index contributed by atoms with van der Waals surface area (Å²) in [6, 6.07) is 4.95. The number of hydrogen-bond acceptors (Lipinski definition) is 3. The summed E-state index contributed by atoms with van der Waals surface area (Å²) in [5.41, 5.74) is 0.441. The van der Waals surface area contributed by atoms with Crippen LogP contribution in [0.15, 0.2) is 18.2 Å². The molecule has 0 saturated carbocycles. The van der Waals surface area contributed by atoms with Crippen LogP contribution in [0.1, 0.15) is 0 Å². The van der Waals surface area contributed by atoms with Crippen molar-refractivity contribution in [3.63, 3.8) is 0 Å². The van der Waals surface area contributed by atoms with Crippen LogP contribution in [0.5, 0.6) is 0 Å². The molecule has 98 valence electrons. The van der Waals surface area contributed by atoms with Crippen molar-refractivity contribution >= 4 is 40.7 Å². The molecule has 2 amide bonds. The first-order valence-electron chi connectivity index (χ1n) is 5.19. The van der Waals surface area contributed by atoms with Gasteiger partial charge in [-0.05, 0) is 12.1 Å². The molecule has 1 rings (SSSR count). The van der Waals surface area contributed by atoms with Gasteiger partial charge in [0.15, 0.2) is 0 Å². The smallest absolute Gasteiger partial charge is 0.238 e. The van der Waals surface area contributed by atoms with E-state index in [1.54, 1.807) is 18.2 Å². The zero-order valence-electron chi connectivity index (χ0n) is 9.72. The molecule has 18 heavy (non-hydrogen) atoms. The SMILES string of the molecule is CNC(=O)CNCC(=O)Nc1cccc(Cl)c1Cl. The number of hydrogen-bond donors (Lipinski definition) is 3. The van der Waals surface area contributed by atoms with Gasteiger partial charge < -0.3 is 10.6 Å². The summed E-state index contributed by atoms with van der Waals surface area (Å²) in [4.78, 5) is 22.4. The minimum absolute atomic E-state index is 0.0102. The average Bonchev–Trinajstić information content (AvgIpc) is 2.34. The number of halogens is 2. The van der Waals surface area contributed by atoms with E-state index in [4.69, 9.17) is 23.2 Å². The lowest BCUT2D eigenvalue weighted by molar-refractivity contribution is -0.119. The maximum absolute atomic E-state index is 11.5. The maximum Gasteiger partial charge on any atom is 0.238 e. The van der Waals surface area contributed by atoms with Crippen LogP contribution in [0.4, 0.5) is 5.69 Å². The summed E-state index contributed by atoms with van der Waals surface area (Å²) in [5.74, 6) is -0.494. The summed E-state index contributed by atoms with van der Waals surface area (Å²) in [5, 5.41) is 8.38. The van der Waals surface area contributed by atoms with Crippen LogP contribution in [0.25, 0.3) is 0 Å². The zero-order valence-corrected chi connectivity index (χ0v) is 11.2. The Morgan fingerprint density at radius 1 is 1.17 bits per heavy atom. The van der Waals surface area contributed by atoms with E-state index in [-0.39, 0.29) is 24.9 Å². The minimum Gasteiger partial charge on any atom is -0.358 e. The van der Waals surface area contributed by atoms with Gasteiger partial charge in [0, 0.05) is 7.05 Å². The normalized spacial score (nSPS) is 9.94. The van der Waals surface area contributed by atoms with E-state index in [2.05, 4.69) is 16.0 Å². The Labute approximate surface area is 115 Å². The summed E-state index contributed by atoms with van der Waals surface area (Å²) < 4.78 is 0. The van der Waals surface area contributed by atoms with Gasteiger partial charge >= 0.3 is 0 Å². The molecule has 0 spiro atoms. The van der Waals surface area contributed by atoms with Gasteiger partial charge in [0.2, 0.25) is 11.8 Å². The summed E-state index contributed by atoms with van der Waals surface area (Å²) in [6.45, 7) is 0.0868.